The molecule has 0 aliphatic rings. The molecule has 0 aliphatic heterocycles. The van der Waals surface area contributed by atoms with Crippen molar-refractivity contribution in [3.63, 3.8) is 0 Å². The third-order valence-electron chi connectivity index (χ3n) is 3.30. The quantitative estimate of drug-likeness (QED) is 0.638. The minimum absolute atomic E-state index is 0.0962. The first-order chi connectivity index (χ1) is 7.51. The molecule has 0 radical (unpaired) electrons. The van der Waals surface area contributed by atoms with Crippen molar-refractivity contribution in [1.29, 1.82) is 0 Å². The van der Waals surface area contributed by atoms with Gasteiger partial charge in [0, 0.05) is 6.04 Å². The number of carboxylic acids is 1. The number of rotatable bonds is 9. The van der Waals surface area contributed by atoms with Crippen molar-refractivity contribution in [2.75, 3.05) is 0 Å². The minimum atomic E-state index is -0.785. The monoisotopic (exact) mass is 229 g/mol. The number of carboxylic acid groups (broad SMARTS) is 1. The molecule has 0 spiro atoms. The molecule has 0 aromatic carbocycles. The highest BCUT2D eigenvalue weighted by Gasteiger charge is 2.20. The predicted octanol–water partition coefficient (Wildman–Crippen LogP) is 3.03. The molecule has 0 amide bonds. The smallest absolute Gasteiger partial charge is 0.304 e. The Morgan fingerprint density at radius 1 is 1.38 bits per heavy atom. The summed E-state index contributed by atoms with van der Waals surface area (Å²) in [5.74, 6) is 0.222. The van der Waals surface area contributed by atoms with E-state index >= 15 is 0 Å². The standard InChI is InChI=1S/C13H27NO2/c1-4-6-7-10(3)8-11(5-2)12(14)9-13(15)16/h10-12H,4-9,14H2,1-3H3,(H,15,16). The van der Waals surface area contributed by atoms with Crippen molar-refractivity contribution >= 4 is 5.97 Å². The lowest BCUT2D eigenvalue weighted by atomic mass is 9.85. The second-order valence-electron chi connectivity index (χ2n) is 4.91. The van der Waals surface area contributed by atoms with E-state index in [2.05, 4.69) is 20.8 Å². The molecule has 0 saturated carbocycles. The number of unbranched alkanes of at least 4 members (excludes halogenated alkanes) is 1. The van der Waals surface area contributed by atoms with E-state index in [1.165, 1.54) is 19.3 Å². The average molecular weight is 229 g/mol. The van der Waals surface area contributed by atoms with E-state index in [9.17, 15) is 4.79 Å². The van der Waals surface area contributed by atoms with Crippen LogP contribution in [0.1, 0.15) is 59.3 Å². The maximum absolute atomic E-state index is 10.6. The van der Waals surface area contributed by atoms with Gasteiger partial charge in [-0.25, -0.2) is 0 Å². The summed E-state index contributed by atoms with van der Waals surface area (Å²) in [6.45, 7) is 6.53. The largest absolute Gasteiger partial charge is 0.481 e. The number of nitrogens with two attached hydrogens (primary N) is 1. The SMILES string of the molecule is CCCCC(C)CC(CC)C(N)CC(=O)O. The summed E-state index contributed by atoms with van der Waals surface area (Å²) < 4.78 is 0. The summed E-state index contributed by atoms with van der Waals surface area (Å²) >= 11 is 0. The van der Waals surface area contributed by atoms with Crippen LogP contribution in [0.2, 0.25) is 0 Å². The van der Waals surface area contributed by atoms with Gasteiger partial charge in [0.1, 0.15) is 0 Å². The molecule has 0 saturated heterocycles. The Morgan fingerprint density at radius 2 is 2.00 bits per heavy atom. The summed E-state index contributed by atoms with van der Waals surface area (Å²) in [6.07, 6.45) is 5.84. The molecular weight excluding hydrogens is 202 g/mol. The number of aliphatic carboxylic acids is 1. The van der Waals surface area contributed by atoms with E-state index in [4.69, 9.17) is 10.8 Å². The molecule has 3 unspecified atom stereocenters. The highest BCUT2D eigenvalue weighted by atomic mass is 16.4. The zero-order valence-electron chi connectivity index (χ0n) is 10.9. The van der Waals surface area contributed by atoms with Gasteiger partial charge in [0.2, 0.25) is 0 Å². The molecule has 16 heavy (non-hydrogen) atoms. The van der Waals surface area contributed by atoms with Crippen molar-refractivity contribution in [2.24, 2.45) is 17.6 Å². The lowest BCUT2D eigenvalue weighted by Gasteiger charge is -2.24. The zero-order chi connectivity index (χ0) is 12.6. The van der Waals surface area contributed by atoms with Crippen molar-refractivity contribution in [3.05, 3.63) is 0 Å². The molecule has 3 heteroatoms. The normalized spacial score (nSPS) is 16.8. The molecule has 0 heterocycles. The summed E-state index contributed by atoms with van der Waals surface area (Å²) in [5.41, 5.74) is 5.93. The van der Waals surface area contributed by atoms with E-state index in [0.29, 0.717) is 11.8 Å². The highest BCUT2D eigenvalue weighted by Crippen LogP contribution is 2.23. The van der Waals surface area contributed by atoms with Crippen LogP contribution >= 0.6 is 0 Å². The molecule has 0 aromatic rings. The lowest BCUT2D eigenvalue weighted by molar-refractivity contribution is -0.137. The Morgan fingerprint density at radius 3 is 2.44 bits per heavy atom. The molecule has 0 rings (SSSR count). The Labute approximate surface area is 99.4 Å². The van der Waals surface area contributed by atoms with E-state index < -0.39 is 5.97 Å². The molecular formula is C13H27NO2. The number of hydrogen-bond acceptors (Lipinski definition) is 2. The molecule has 0 aliphatic carbocycles. The van der Waals surface area contributed by atoms with Crippen LogP contribution in [0.5, 0.6) is 0 Å². The van der Waals surface area contributed by atoms with Gasteiger partial charge in [-0.2, -0.15) is 0 Å². The van der Waals surface area contributed by atoms with Gasteiger partial charge in [-0.3, -0.25) is 4.79 Å². The van der Waals surface area contributed by atoms with Crippen LogP contribution in [0.4, 0.5) is 0 Å². The van der Waals surface area contributed by atoms with Crippen molar-refractivity contribution in [3.8, 4) is 0 Å². The maximum Gasteiger partial charge on any atom is 0.304 e. The van der Waals surface area contributed by atoms with E-state index in [-0.39, 0.29) is 12.5 Å². The van der Waals surface area contributed by atoms with E-state index in [1.807, 2.05) is 0 Å². The van der Waals surface area contributed by atoms with Gasteiger partial charge in [0.15, 0.2) is 0 Å². The molecule has 0 fully saturated rings. The van der Waals surface area contributed by atoms with Crippen LogP contribution in [-0.2, 0) is 4.79 Å². The fraction of sp³-hybridized carbons (Fsp3) is 0.923. The Balaban J connectivity index is 4.02. The fourth-order valence-electron chi connectivity index (χ4n) is 2.20. The van der Waals surface area contributed by atoms with Crippen molar-refractivity contribution in [2.45, 2.75) is 65.3 Å². The van der Waals surface area contributed by atoms with E-state index in [0.717, 1.165) is 12.8 Å². The van der Waals surface area contributed by atoms with Crippen LogP contribution in [0.15, 0.2) is 0 Å². The van der Waals surface area contributed by atoms with Gasteiger partial charge in [-0.05, 0) is 18.3 Å². The Bertz CT molecular complexity index is 194. The lowest BCUT2D eigenvalue weighted by Crippen LogP contribution is -2.33. The molecule has 3 nitrogen and oxygen atoms in total. The van der Waals surface area contributed by atoms with Crippen LogP contribution in [0.3, 0.4) is 0 Å². The first-order valence-electron chi connectivity index (χ1n) is 6.48. The van der Waals surface area contributed by atoms with Gasteiger partial charge in [0.25, 0.3) is 0 Å². The molecule has 3 N–H and O–H groups in total. The van der Waals surface area contributed by atoms with Crippen LogP contribution < -0.4 is 5.73 Å². The topological polar surface area (TPSA) is 63.3 Å². The first kappa shape index (κ1) is 15.4. The fourth-order valence-corrected chi connectivity index (χ4v) is 2.20. The number of hydrogen-bond donors (Lipinski definition) is 2. The van der Waals surface area contributed by atoms with Crippen LogP contribution in [0.25, 0.3) is 0 Å². The minimum Gasteiger partial charge on any atom is -0.481 e. The van der Waals surface area contributed by atoms with Gasteiger partial charge >= 0.3 is 5.97 Å². The molecule has 0 aromatic heterocycles. The Kier molecular flexibility index (Phi) is 8.26. The second kappa shape index (κ2) is 8.57. The summed E-state index contributed by atoms with van der Waals surface area (Å²) in [4.78, 5) is 10.6. The summed E-state index contributed by atoms with van der Waals surface area (Å²) in [6, 6.07) is -0.188. The van der Waals surface area contributed by atoms with Crippen LogP contribution in [0, 0.1) is 11.8 Å². The highest BCUT2D eigenvalue weighted by molar-refractivity contribution is 5.67. The Hall–Kier alpha value is -0.570. The predicted molar refractivity (Wildman–Crippen MR) is 67.3 cm³/mol. The molecule has 0 bridgehead atoms. The summed E-state index contributed by atoms with van der Waals surface area (Å²) in [7, 11) is 0. The average Bonchev–Trinajstić information content (AvgIpc) is 2.21. The summed E-state index contributed by atoms with van der Waals surface area (Å²) in [5, 5.41) is 8.72. The van der Waals surface area contributed by atoms with Crippen LogP contribution in [-0.4, -0.2) is 17.1 Å². The van der Waals surface area contributed by atoms with Gasteiger partial charge in [0.05, 0.1) is 6.42 Å². The molecule has 3 atom stereocenters. The maximum atomic E-state index is 10.6. The second-order valence-corrected chi connectivity index (χ2v) is 4.91. The van der Waals surface area contributed by atoms with Crippen molar-refractivity contribution < 1.29 is 9.90 Å². The molecule has 96 valence electrons. The third kappa shape index (κ3) is 6.83. The van der Waals surface area contributed by atoms with Crippen molar-refractivity contribution in [1.82, 2.24) is 0 Å². The third-order valence-corrected chi connectivity index (χ3v) is 3.30. The van der Waals surface area contributed by atoms with E-state index in [1.54, 1.807) is 0 Å². The van der Waals surface area contributed by atoms with Gasteiger partial charge < -0.3 is 10.8 Å². The zero-order valence-corrected chi connectivity index (χ0v) is 10.9. The first-order valence-corrected chi connectivity index (χ1v) is 6.48. The van der Waals surface area contributed by atoms with Gasteiger partial charge in [-0.1, -0.05) is 46.5 Å². The van der Waals surface area contributed by atoms with Gasteiger partial charge in [-0.15, -0.1) is 0 Å². The number of carbonyl (C=O) groups is 1.